The van der Waals surface area contributed by atoms with Crippen molar-refractivity contribution in [2.75, 3.05) is 6.54 Å². The average Bonchev–Trinajstić information content (AvgIpc) is 2.71. The number of unbranched alkanes of at least 4 members (excludes halogenated alkanes) is 1. The van der Waals surface area contributed by atoms with Crippen molar-refractivity contribution >= 4 is 23.8 Å². The van der Waals surface area contributed by atoms with E-state index >= 15 is 0 Å². The van der Waals surface area contributed by atoms with Crippen LogP contribution in [-0.4, -0.2) is 52.9 Å². The van der Waals surface area contributed by atoms with Crippen LogP contribution in [0, 0.1) is 13.8 Å². The molecule has 0 fully saturated rings. The number of rotatable bonds is 11. The number of aryl methyl sites for hydroxylation is 1. The molecule has 0 saturated heterocycles. The van der Waals surface area contributed by atoms with E-state index in [0.29, 0.717) is 12.1 Å². The molecular formula is C26H42N4O5. The summed E-state index contributed by atoms with van der Waals surface area (Å²) in [6.45, 7) is 15.0. The maximum absolute atomic E-state index is 13.8. The minimum Gasteiger partial charge on any atom is -0.444 e. The van der Waals surface area contributed by atoms with E-state index in [1.807, 2.05) is 39.0 Å². The summed E-state index contributed by atoms with van der Waals surface area (Å²) in [5.41, 5.74) is 7.14. The van der Waals surface area contributed by atoms with E-state index in [0.717, 1.165) is 24.0 Å². The summed E-state index contributed by atoms with van der Waals surface area (Å²) in [6, 6.07) is 2.91. The summed E-state index contributed by atoms with van der Waals surface area (Å²) in [5.74, 6) is -1.69. The molecule has 4 N–H and O–H groups in total. The number of hydrogen-bond donors (Lipinski definition) is 3. The Bertz CT molecular complexity index is 907. The lowest BCUT2D eigenvalue weighted by atomic mass is 9.94. The first-order valence-electron chi connectivity index (χ1n) is 12.1. The standard InChI is InChI=1S/C26H42N4O5/c1-9-10-14-28-23(32)22(19-13-11-12-17(4)18(19)5)30(16(2)3)24(33)20(15-21(27)31)29-25(34)35-26(6,7)8/h11-13,16,20,22H,9-10,14-15H2,1-8H3,(H2,27,31)(H,28,32)(H,29,34). The third-order valence-corrected chi connectivity index (χ3v) is 5.50. The van der Waals surface area contributed by atoms with Gasteiger partial charge in [0.2, 0.25) is 17.7 Å². The van der Waals surface area contributed by atoms with E-state index in [9.17, 15) is 19.2 Å². The lowest BCUT2D eigenvalue weighted by Crippen LogP contribution is -2.56. The SMILES string of the molecule is CCCCNC(=O)C(c1cccc(C)c1C)N(C(=O)C(CC(N)=O)NC(=O)OC(C)(C)C)C(C)C. The van der Waals surface area contributed by atoms with Gasteiger partial charge in [-0.2, -0.15) is 0 Å². The second kappa shape index (κ2) is 13.1. The first kappa shape index (κ1) is 29.9. The highest BCUT2D eigenvalue weighted by Crippen LogP contribution is 2.29. The van der Waals surface area contributed by atoms with Gasteiger partial charge in [-0.25, -0.2) is 4.79 Å². The largest absolute Gasteiger partial charge is 0.444 e. The van der Waals surface area contributed by atoms with Gasteiger partial charge in [-0.3, -0.25) is 14.4 Å². The number of primary amides is 1. The number of alkyl carbamates (subject to hydrolysis) is 1. The number of carbonyl (C=O) groups excluding carboxylic acids is 4. The zero-order valence-corrected chi connectivity index (χ0v) is 22.4. The van der Waals surface area contributed by atoms with Gasteiger partial charge in [0.05, 0.1) is 6.42 Å². The first-order chi connectivity index (χ1) is 16.2. The molecule has 35 heavy (non-hydrogen) atoms. The third-order valence-electron chi connectivity index (χ3n) is 5.50. The maximum Gasteiger partial charge on any atom is 0.408 e. The molecular weight excluding hydrogens is 448 g/mol. The highest BCUT2D eigenvalue weighted by Gasteiger charge is 2.39. The van der Waals surface area contributed by atoms with Crippen LogP contribution in [0.15, 0.2) is 18.2 Å². The predicted molar refractivity (Wildman–Crippen MR) is 136 cm³/mol. The van der Waals surface area contributed by atoms with Gasteiger partial charge in [0, 0.05) is 12.6 Å². The molecule has 0 aliphatic carbocycles. The zero-order chi connectivity index (χ0) is 26.9. The Labute approximate surface area is 209 Å². The topological polar surface area (TPSA) is 131 Å². The molecule has 2 atom stereocenters. The van der Waals surface area contributed by atoms with Crippen LogP contribution in [0.5, 0.6) is 0 Å². The van der Waals surface area contributed by atoms with Crippen LogP contribution in [0.4, 0.5) is 4.79 Å². The normalized spacial score (nSPS) is 13.1. The van der Waals surface area contributed by atoms with Crippen molar-refractivity contribution in [2.45, 2.75) is 98.4 Å². The monoisotopic (exact) mass is 490 g/mol. The van der Waals surface area contributed by atoms with Crippen molar-refractivity contribution in [3.05, 3.63) is 34.9 Å². The van der Waals surface area contributed by atoms with E-state index < -0.39 is 48.1 Å². The third kappa shape index (κ3) is 9.22. The minimum atomic E-state index is -1.29. The summed E-state index contributed by atoms with van der Waals surface area (Å²) in [7, 11) is 0. The van der Waals surface area contributed by atoms with Crippen LogP contribution in [0.25, 0.3) is 0 Å². The van der Waals surface area contributed by atoms with E-state index in [1.54, 1.807) is 34.6 Å². The molecule has 0 aliphatic rings. The van der Waals surface area contributed by atoms with Crippen LogP contribution in [-0.2, 0) is 19.1 Å². The second-order valence-electron chi connectivity index (χ2n) is 10.0. The molecule has 0 aromatic heterocycles. The summed E-state index contributed by atoms with van der Waals surface area (Å²) in [5, 5.41) is 5.41. The summed E-state index contributed by atoms with van der Waals surface area (Å²) >= 11 is 0. The van der Waals surface area contributed by atoms with E-state index in [1.165, 1.54) is 4.90 Å². The number of benzene rings is 1. The molecule has 1 aromatic rings. The van der Waals surface area contributed by atoms with Crippen LogP contribution in [0.2, 0.25) is 0 Å². The molecule has 196 valence electrons. The Morgan fingerprint density at radius 1 is 1.11 bits per heavy atom. The van der Waals surface area contributed by atoms with Crippen molar-refractivity contribution < 1.29 is 23.9 Å². The summed E-state index contributed by atoms with van der Waals surface area (Å²) < 4.78 is 5.28. The van der Waals surface area contributed by atoms with Gasteiger partial charge in [-0.05, 0) is 71.6 Å². The molecule has 0 heterocycles. The molecule has 1 aromatic carbocycles. The molecule has 0 saturated carbocycles. The first-order valence-corrected chi connectivity index (χ1v) is 12.1. The lowest BCUT2D eigenvalue weighted by Gasteiger charge is -2.37. The lowest BCUT2D eigenvalue weighted by molar-refractivity contribution is -0.145. The quantitative estimate of drug-likeness (QED) is 0.410. The fourth-order valence-electron chi connectivity index (χ4n) is 3.68. The molecule has 9 heteroatoms. The van der Waals surface area contributed by atoms with Crippen LogP contribution in [0.3, 0.4) is 0 Å². The van der Waals surface area contributed by atoms with Gasteiger partial charge in [0.1, 0.15) is 17.7 Å². The van der Waals surface area contributed by atoms with Gasteiger partial charge >= 0.3 is 6.09 Å². The van der Waals surface area contributed by atoms with Gasteiger partial charge < -0.3 is 26.0 Å². The minimum absolute atomic E-state index is 0.329. The molecule has 0 bridgehead atoms. The van der Waals surface area contributed by atoms with Gasteiger partial charge in [0.15, 0.2) is 0 Å². The Kier molecular flexibility index (Phi) is 11.2. The summed E-state index contributed by atoms with van der Waals surface area (Å²) in [6.07, 6.45) is 0.419. The van der Waals surface area contributed by atoms with Gasteiger partial charge in [0.25, 0.3) is 0 Å². The molecule has 0 aliphatic heterocycles. The van der Waals surface area contributed by atoms with E-state index in [2.05, 4.69) is 10.6 Å². The van der Waals surface area contributed by atoms with Crippen LogP contribution in [0.1, 0.15) is 83.5 Å². The van der Waals surface area contributed by atoms with Crippen molar-refractivity contribution in [1.29, 1.82) is 0 Å². The number of hydrogen-bond acceptors (Lipinski definition) is 5. The fourth-order valence-corrected chi connectivity index (χ4v) is 3.68. The van der Waals surface area contributed by atoms with Crippen molar-refractivity contribution in [1.82, 2.24) is 15.5 Å². The highest BCUT2D eigenvalue weighted by molar-refractivity contribution is 5.94. The van der Waals surface area contributed by atoms with Gasteiger partial charge in [-0.15, -0.1) is 0 Å². The average molecular weight is 491 g/mol. The molecule has 2 unspecified atom stereocenters. The smallest absolute Gasteiger partial charge is 0.408 e. The number of ether oxygens (including phenoxy) is 1. The highest BCUT2D eigenvalue weighted by atomic mass is 16.6. The Balaban J connectivity index is 3.50. The van der Waals surface area contributed by atoms with E-state index in [4.69, 9.17) is 10.5 Å². The number of nitrogens with zero attached hydrogens (tertiary/aromatic N) is 1. The summed E-state index contributed by atoms with van der Waals surface area (Å²) in [4.78, 5) is 53.0. The van der Waals surface area contributed by atoms with Crippen LogP contribution < -0.4 is 16.4 Å². The van der Waals surface area contributed by atoms with Crippen LogP contribution >= 0.6 is 0 Å². The van der Waals surface area contributed by atoms with E-state index in [-0.39, 0.29) is 5.91 Å². The molecule has 4 amide bonds. The molecule has 0 spiro atoms. The van der Waals surface area contributed by atoms with Crippen molar-refractivity contribution in [3.8, 4) is 0 Å². The molecule has 0 radical (unpaired) electrons. The molecule has 1 rings (SSSR count). The Morgan fingerprint density at radius 2 is 1.74 bits per heavy atom. The molecule has 9 nitrogen and oxygen atoms in total. The number of nitrogens with one attached hydrogen (secondary N) is 2. The maximum atomic E-state index is 13.8. The number of carbonyl (C=O) groups is 4. The Morgan fingerprint density at radius 3 is 2.26 bits per heavy atom. The second-order valence-corrected chi connectivity index (χ2v) is 10.0. The van der Waals surface area contributed by atoms with Gasteiger partial charge in [-0.1, -0.05) is 31.5 Å². The van der Waals surface area contributed by atoms with Crippen molar-refractivity contribution in [3.63, 3.8) is 0 Å². The predicted octanol–water partition coefficient (Wildman–Crippen LogP) is 3.27. The zero-order valence-electron chi connectivity index (χ0n) is 22.4. The Hall–Kier alpha value is -3.10. The number of nitrogens with two attached hydrogens (primary N) is 1. The van der Waals surface area contributed by atoms with Crippen molar-refractivity contribution in [2.24, 2.45) is 5.73 Å². The fraction of sp³-hybridized carbons (Fsp3) is 0.615. The number of amides is 4.